The smallest absolute Gasteiger partial charge is 0.408 e. The maximum absolute atomic E-state index is 13.9. The molecule has 4 N–H and O–H groups in total. The van der Waals surface area contributed by atoms with Crippen LogP contribution in [0.2, 0.25) is 0 Å². The van der Waals surface area contributed by atoms with E-state index in [1.165, 1.54) is 12.3 Å². The van der Waals surface area contributed by atoms with Crippen LogP contribution in [-0.2, 0) is 20.7 Å². The fourth-order valence-electron chi connectivity index (χ4n) is 5.21. The second-order valence-electron chi connectivity index (χ2n) is 11.4. The number of fused-ring (bicyclic) bond motifs is 2. The SMILES string of the molecule is CCOC(=O)c1c(NC(=O)C(Cc2c[nH]c3ccccc23)NC(=O)OC(C)(C)C)ccc2c1c(C(=O)O)cn2-c1ccccc1. The molecular formula is C34H34N4O7. The van der Waals surface area contributed by atoms with Crippen LogP contribution < -0.4 is 10.6 Å². The average molecular weight is 611 g/mol. The van der Waals surface area contributed by atoms with Gasteiger partial charge in [-0.1, -0.05) is 36.4 Å². The minimum Gasteiger partial charge on any atom is -0.478 e. The summed E-state index contributed by atoms with van der Waals surface area (Å²) in [5, 5.41) is 16.6. The van der Waals surface area contributed by atoms with Gasteiger partial charge in [-0.15, -0.1) is 0 Å². The predicted molar refractivity (Wildman–Crippen MR) is 170 cm³/mol. The third-order valence-electron chi connectivity index (χ3n) is 7.08. The number of alkyl carbamates (subject to hydrolysis) is 1. The highest BCUT2D eigenvalue weighted by Gasteiger charge is 2.30. The number of carbonyl (C=O) groups excluding carboxylic acids is 3. The van der Waals surface area contributed by atoms with Gasteiger partial charge < -0.3 is 34.8 Å². The molecule has 0 saturated heterocycles. The van der Waals surface area contributed by atoms with E-state index in [0.717, 1.165) is 16.5 Å². The third-order valence-corrected chi connectivity index (χ3v) is 7.08. The van der Waals surface area contributed by atoms with E-state index in [2.05, 4.69) is 15.6 Å². The zero-order valence-corrected chi connectivity index (χ0v) is 25.3. The first-order valence-electron chi connectivity index (χ1n) is 14.5. The van der Waals surface area contributed by atoms with Gasteiger partial charge in [-0.25, -0.2) is 14.4 Å². The molecule has 0 aliphatic carbocycles. The average Bonchev–Trinajstić information content (AvgIpc) is 3.58. The van der Waals surface area contributed by atoms with Gasteiger partial charge in [0.25, 0.3) is 0 Å². The number of hydrogen-bond acceptors (Lipinski definition) is 6. The van der Waals surface area contributed by atoms with Crippen molar-refractivity contribution < 1.29 is 33.8 Å². The Morgan fingerprint density at radius 2 is 1.69 bits per heavy atom. The van der Waals surface area contributed by atoms with Crippen LogP contribution in [0.4, 0.5) is 10.5 Å². The summed E-state index contributed by atoms with van der Waals surface area (Å²) >= 11 is 0. The largest absolute Gasteiger partial charge is 0.478 e. The highest BCUT2D eigenvalue weighted by Crippen LogP contribution is 2.34. The van der Waals surface area contributed by atoms with Crippen LogP contribution in [0.3, 0.4) is 0 Å². The van der Waals surface area contributed by atoms with Crippen molar-refractivity contribution in [2.45, 2.75) is 45.8 Å². The number of ether oxygens (including phenoxy) is 2. The molecule has 0 fully saturated rings. The number of carboxylic acids is 1. The number of hydrogen-bond donors (Lipinski definition) is 4. The Morgan fingerprint density at radius 3 is 2.38 bits per heavy atom. The van der Waals surface area contributed by atoms with E-state index in [-0.39, 0.29) is 35.2 Å². The number of nitrogens with one attached hydrogen (secondary N) is 3. The highest BCUT2D eigenvalue weighted by atomic mass is 16.6. The molecule has 5 rings (SSSR count). The van der Waals surface area contributed by atoms with Crippen molar-refractivity contribution >= 4 is 51.4 Å². The summed E-state index contributed by atoms with van der Waals surface area (Å²) < 4.78 is 12.4. The van der Waals surface area contributed by atoms with E-state index in [9.17, 15) is 24.3 Å². The molecule has 0 radical (unpaired) electrons. The van der Waals surface area contributed by atoms with Crippen LogP contribution in [0, 0.1) is 0 Å². The Morgan fingerprint density at radius 1 is 0.978 bits per heavy atom. The van der Waals surface area contributed by atoms with Crippen molar-refractivity contribution in [1.29, 1.82) is 0 Å². The molecule has 1 unspecified atom stereocenters. The lowest BCUT2D eigenvalue weighted by Gasteiger charge is -2.24. The summed E-state index contributed by atoms with van der Waals surface area (Å²) in [6, 6.07) is 18.7. The Bertz CT molecular complexity index is 1900. The van der Waals surface area contributed by atoms with Crippen LogP contribution in [0.15, 0.2) is 79.1 Å². The molecule has 1 atom stereocenters. The summed E-state index contributed by atoms with van der Waals surface area (Å²) in [7, 11) is 0. The van der Waals surface area contributed by atoms with Crippen LogP contribution in [0.5, 0.6) is 0 Å². The van der Waals surface area contributed by atoms with Gasteiger partial charge >= 0.3 is 18.0 Å². The van der Waals surface area contributed by atoms with Gasteiger partial charge in [0.2, 0.25) is 5.91 Å². The van der Waals surface area contributed by atoms with Crippen LogP contribution in [0.1, 0.15) is 54.0 Å². The number of carboxylic acid groups (broad SMARTS) is 1. The van der Waals surface area contributed by atoms with Crippen LogP contribution in [0.25, 0.3) is 27.5 Å². The van der Waals surface area contributed by atoms with Crippen LogP contribution in [-0.4, -0.2) is 56.8 Å². The topological polar surface area (TPSA) is 152 Å². The second kappa shape index (κ2) is 12.6. The highest BCUT2D eigenvalue weighted by molar-refractivity contribution is 6.17. The van der Waals surface area contributed by atoms with Crippen molar-refractivity contribution in [1.82, 2.24) is 14.9 Å². The first-order chi connectivity index (χ1) is 21.5. The minimum atomic E-state index is -1.26. The van der Waals surface area contributed by atoms with E-state index in [0.29, 0.717) is 11.2 Å². The first kappa shape index (κ1) is 30.9. The molecule has 0 aliphatic rings. The number of esters is 1. The summed E-state index contributed by atoms with van der Waals surface area (Å²) in [5.41, 5.74) is 1.72. The van der Waals surface area contributed by atoms with Crippen LogP contribution >= 0.6 is 0 Å². The number of anilines is 1. The number of H-pyrrole nitrogens is 1. The Balaban J connectivity index is 1.58. The lowest BCUT2D eigenvalue weighted by atomic mass is 10.0. The summed E-state index contributed by atoms with van der Waals surface area (Å²) in [4.78, 5) is 55.8. The van der Waals surface area contributed by atoms with Gasteiger partial charge in [-0.3, -0.25) is 4.79 Å². The minimum absolute atomic E-state index is 0.0216. The Kier molecular flexibility index (Phi) is 8.62. The van der Waals surface area contributed by atoms with Crippen molar-refractivity contribution in [2.24, 2.45) is 0 Å². The fourth-order valence-corrected chi connectivity index (χ4v) is 5.21. The zero-order valence-electron chi connectivity index (χ0n) is 25.3. The fraction of sp³-hybridized carbons (Fsp3) is 0.235. The van der Waals surface area contributed by atoms with Gasteiger partial charge in [-0.2, -0.15) is 0 Å². The van der Waals surface area contributed by atoms with Gasteiger partial charge in [0, 0.05) is 40.8 Å². The van der Waals surface area contributed by atoms with Crippen molar-refractivity contribution in [3.05, 3.63) is 95.8 Å². The molecule has 11 nitrogen and oxygen atoms in total. The second-order valence-corrected chi connectivity index (χ2v) is 11.4. The van der Waals surface area contributed by atoms with E-state index >= 15 is 0 Å². The lowest BCUT2D eigenvalue weighted by molar-refractivity contribution is -0.118. The molecule has 5 aromatic rings. The van der Waals surface area contributed by atoms with Gasteiger partial charge in [0.05, 0.1) is 28.9 Å². The molecular weight excluding hydrogens is 576 g/mol. The first-order valence-corrected chi connectivity index (χ1v) is 14.5. The van der Waals surface area contributed by atoms with E-state index < -0.39 is 35.6 Å². The number of para-hydroxylation sites is 2. The van der Waals surface area contributed by atoms with E-state index in [1.54, 1.807) is 44.5 Å². The molecule has 0 bridgehead atoms. The third kappa shape index (κ3) is 6.67. The van der Waals surface area contributed by atoms with Crippen molar-refractivity contribution in [2.75, 3.05) is 11.9 Å². The van der Waals surface area contributed by atoms with Gasteiger partial charge in [0.15, 0.2) is 0 Å². The summed E-state index contributed by atoms with van der Waals surface area (Å²) in [6.45, 7) is 6.79. The molecule has 0 spiro atoms. The zero-order chi connectivity index (χ0) is 32.3. The molecule has 0 aliphatic heterocycles. The van der Waals surface area contributed by atoms with Gasteiger partial charge in [0.1, 0.15) is 11.6 Å². The number of amides is 2. The van der Waals surface area contributed by atoms with Crippen molar-refractivity contribution in [3.63, 3.8) is 0 Å². The number of aromatic amines is 1. The number of rotatable bonds is 9. The number of benzene rings is 3. The maximum Gasteiger partial charge on any atom is 0.408 e. The van der Waals surface area contributed by atoms with E-state index in [1.807, 2.05) is 54.6 Å². The standard InChI is InChI=1S/C34H34N4O7/c1-5-44-32(42)29-25(15-16-27-28(29)23(31(40)41)19-38(27)21-11-7-6-8-12-21)36-30(39)26(37-33(43)45-34(2,3)4)17-20-18-35-24-14-10-9-13-22(20)24/h6-16,18-19,26,35H,5,17H2,1-4H3,(H,36,39)(H,37,43)(H,40,41). The number of carbonyl (C=O) groups is 4. The monoisotopic (exact) mass is 610 g/mol. The predicted octanol–water partition coefficient (Wildman–Crippen LogP) is 6.06. The molecule has 45 heavy (non-hydrogen) atoms. The van der Waals surface area contributed by atoms with Gasteiger partial charge in [-0.05, 0) is 63.6 Å². The molecule has 11 heteroatoms. The quantitative estimate of drug-likeness (QED) is 0.148. The lowest BCUT2D eigenvalue weighted by Crippen LogP contribution is -2.47. The Hall–Kier alpha value is -5.58. The number of nitrogens with zero attached hydrogens (tertiary/aromatic N) is 1. The number of aromatic nitrogens is 2. The van der Waals surface area contributed by atoms with E-state index in [4.69, 9.17) is 9.47 Å². The molecule has 0 saturated carbocycles. The molecule has 2 heterocycles. The molecule has 232 valence electrons. The maximum atomic E-state index is 13.9. The summed E-state index contributed by atoms with van der Waals surface area (Å²) in [5.74, 6) is -2.71. The summed E-state index contributed by atoms with van der Waals surface area (Å²) in [6.07, 6.45) is 2.50. The molecule has 3 aromatic carbocycles. The normalized spacial score (nSPS) is 12.1. The molecule has 2 amide bonds. The number of aromatic carboxylic acids is 1. The van der Waals surface area contributed by atoms with Crippen molar-refractivity contribution in [3.8, 4) is 5.69 Å². The Labute approximate surface area is 259 Å². The molecule has 2 aromatic heterocycles.